The van der Waals surface area contributed by atoms with Crippen LogP contribution in [0.3, 0.4) is 0 Å². The molecular weight excluding hydrogens is 200 g/mol. The standard InChI is InChI=1S/C14H20O2/c1-16-10-9-12-7-4-6-11-5-2-3-8-13(11)14(12)15/h2-3,5,8,12,14-15H,4,6-7,9-10H2,1H3. The Morgan fingerprint density at radius 2 is 2.19 bits per heavy atom. The summed E-state index contributed by atoms with van der Waals surface area (Å²) in [4.78, 5) is 0. The third kappa shape index (κ3) is 2.45. The first-order chi connectivity index (χ1) is 7.83. The number of hydrogen-bond donors (Lipinski definition) is 1. The molecule has 1 aromatic carbocycles. The third-order valence-corrected chi connectivity index (χ3v) is 3.53. The minimum absolute atomic E-state index is 0.311. The zero-order valence-corrected chi connectivity index (χ0v) is 9.86. The molecule has 2 rings (SSSR count). The van der Waals surface area contributed by atoms with Crippen LogP contribution < -0.4 is 0 Å². The predicted molar refractivity (Wildman–Crippen MR) is 64.3 cm³/mol. The fourth-order valence-corrected chi connectivity index (χ4v) is 2.59. The van der Waals surface area contributed by atoms with Gasteiger partial charge in [0.05, 0.1) is 6.10 Å². The zero-order chi connectivity index (χ0) is 11.4. The molecule has 2 atom stereocenters. The van der Waals surface area contributed by atoms with Gasteiger partial charge in [-0.25, -0.2) is 0 Å². The van der Waals surface area contributed by atoms with E-state index in [9.17, 15) is 5.11 Å². The van der Waals surface area contributed by atoms with E-state index in [4.69, 9.17) is 4.74 Å². The zero-order valence-electron chi connectivity index (χ0n) is 9.86. The summed E-state index contributed by atoms with van der Waals surface area (Å²) < 4.78 is 5.11. The van der Waals surface area contributed by atoms with Gasteiger partial charge in [0.2, 0.25) is 0 Å². The molecule has 2 heteroatoms. The largest absolute Gasteiger partial charge is 0.388 e. The molecule has 88 valence electrons. The first kappa shape index (κ1) is 11.6. The van der Waals surface area contributed by atoms with Gasteiger partial charge in [0, 0.05) is 13.7 Å². The molecule has 1 aliphatic carbocycles. The summed E-state index contributed by atoms with van der Waals surface area (Å²) >= 11 is 0. The van der Waals surface area contributed by atoms with Crippen molar-refractivity contribution >= 4 is 0 Å². The molecule has 16 heavy (non-hydrogen) atoms. The van der Waals surface area contributed by atoms with Gasteiger partial charge in [-0.05, 0) is 42.7 Å². The summed E-state index contributed by atoms with van der Waals surface area (Å²) in [5.74, 6) is 0.351. The number of rotatable bonds is 3. The molecule has 0 heterocycles. The Kier molecular flexibility index (Phi) is 3.97. The average molecular weight is 220 g/mol. The van der Waals surface area contributed by atoms with E-state index < -0.39 is 0 Å². The topological polar surface area (TPSA) is 29.5 Å². The molecule has 2 unspecified atom stereocenters. The van der Waals surface area contributed by atoms with Gasteiger partial charge in [-0.1, -0.05) is 24.3 Å². The molecule has 0 aromatic heterocycles. The highest BCUT2D eigenvalue weighted by Gasteiger charge is 2.25. The predicted octanol–water partition coefficient (Wildman–Crippen LogP) is 2.71. The summed E-state index contributed by atoms with van der Waals surface area (Å²) in [6.07, 6.45) is 4.00. The van der Waals surface area contributed by atoms with Gasteiger partial charge in [-0.2, -0.15) is 0 Å². The fourth-order valence-electron chi connectivity index (χ4n) is 2.59. The fraction of sp³-hybridized carbons (Fsp3) is 0.571. The minimum atomic E-state index is -0.311. The Morgan fingerprint density at radius 1 is 1.38 bits per heavy atom. The number of aliphatic hydroxyl groups is 1. The number of hydrogen-bond acceptors (Lipinski definition) is 2. The molecule has 0 radical (unpaired) electrons. The van der Waals surface area contributed by atoms with Gasteiger partial charge in [-0.15, -0.1) is 0 Å². The molecule has 0 fully saturated rings. The third-order valence-electron chi connectivity index (χ3n) is 3.53. The molecule has 0 aliphatic heterocycles. The van der Waals surface area contributed by atoms with E-state index in [0.717, 1.165) is 31.4 Å². The van der Waals surface area contributed by atoms with Gasteiger partial charge < -0.3 is 9.84 Å². The van der Waals surface area contributed by atoms with E-state index in [1.165, 1.54) is 12.0 Å². The molecule has 0 spiro atoms. The summed E-state index contributed by atoms with van der Waals surface area (Å²) in [7, 11) is 1.72. The van der Waals surface area contributed by atoms with Crippen LogP contribution in [0, 0.1) is 5.92 Å². The van der Waals surface area contributed by atoms with Gasteiger partial charge in [0.15, 0.2) is 0 Å². The highest BCUT2D eigenvalue weighted by molar-refractivity contribution is 5.30. The Hall–Kier alpha value is -0.860. The molecule has 1 aliphatic rings. The van der Waals surface area contributed by atoms with Crippen LogP contribution in [0.1, 0.15) is 36.5 Å². The number of benzene rings is 1. The van der Waals surface area contributed by atoms with Crippen molar-refractivity contribution in [3.8, 4) is 0 Å². The maximum Gasteiger partial charge on any atom is 0.0821 e. The number of aryl methyl sites for hydroxylation is 1. The highest BCUT2D eigenvalue weighted by Crippen LogP contribution is 2.34. The molecule has 0 saturated carbocycles. The van der Waals surface area contributed by atoms with E-state index in [1.54, 1.807) is 7.11 Å². The summed E-state index contributed by atoms with van der Waals surface area (Å²) in [6, 6.07) is 8.27. The van der Waals surface area contributed by atoms with Crippen LogP contribution in [0.5, 0.6) is 0 Å². The van der Waals surface area contributed by atoms with Crippen molar-refractivity contribution in [2.75, 3.05) is 13.7 Å². The second-order valence-corrected chi connectivity index (χ2v) is 4.58. The van der Waals surface area contributed by atoms with Crippen molar-refractivity contribution in [1.82, 2.24) is 0 Å². The number of aliphatic hydroxyl groups excluding tert-OH is 1. The van der Waals surface area contributed by atoms with Crippen molar-refractivity contribution in [2.45, 2.75) is 31.8 Å². The van der Waals surface area contributed by atoms with Crippen LogP contribution in [0.15, 0.2) is 24.3 Å². The number of methoxy groups -OCH3 is 1. The number of ether oxygens (including phenoxy) is 1. The molecular formula is C14H20O2. The lowest BCUT2D eigenvalue weighted by atomic mass is 9.91. The van der Waals surface area contributed by atoms with Crippen LogP contribution in [-0.4, -0.2) is 18.8 Å². The molecule has 2 nitrogen and oxygen atoms in total. The van der Waals surface area contributed by atoms with Crippen molar-refractivity contribution in [3.05, 3.63) is 35.4 Å². The van der Waals surface area contributed by atoms with Crippen LogP contribution in [0.4, 0.5) is 0 Å². The van der Waals surface area contributed by atoms with E-state index in [1.807, 2.05) is 6.07 Å². The van der Waals surface area contributed by atoms with E-state index in [2.05, 4.69) is 18.2 Å². The Balaban J connectivity index is 2.16. The lowest BCUT2D eigenvalue weighted by Crippen LogP contribution is -2.14. The van der Waals surface area contributed by atoms with Gasteiger partial charge in [0.25, 0.3) is 0 Å². The van der Waals surface area contributed by atoms with Crippen molar-refractivity contribution in [1.29, 1.82) is 0 Å². The molecule has 1 aromatic rings. The van der Waals surface area contributed by atoms with E-state index in [0.29, 0.717) is 5.92 Å². The van der Waals surface area contributed by atoms with Gasteiger partial charge in [-0.3, -0.25) is 0 Å². The lowest BCUT2D eigenvalue weighted by molar-refractivity contribution is 0.0768. The molecule has 0 bridgehead atoms. The second kappa shape index (κ2) is 5.46. The Labute approximate surface area is 97.3 Å². The van der Waals surface area contributed by atoms with E-state index >= 15 is 0 Å². The van der Waals surface area contributed by atoms with E-state index in [-0.39, 0.29) is 6.10 Å². The summed E-state index contributed by atoms with van der Waals surface area (Å²) in [5, 5.41) is 10.4. The summed E-state index contributed by atoms with van der Waals surface area (Å²) in [5.41, 5.74) is 2.44. The van der Waals surface area contributed by atoms with Crippen molar-refractivity contribution in [3.63, 3.8) is 0 Å². The van der Waals surface area contributed by atoms with Crippen LogP contribution in [0.25, 0.3) is 0 Å². The normalized spacial score (nSPS) is 24.9. The minimum Gasteiger partial charge on any atom is -0.388 e. The smallest absolute Gasteiger partial charge is 0.0821 e. The highest BCUT2D eigenvalue weighted by atomic mass is 16.5. The van der Waals surface area contributed by atoms with Crippen LogP contribution >= 0.6 is 0 Å². The quantitative estimate of drug-likeness (QED) is 0.794. The Morgan fingerprint density at radius 3 is 3.00 bits per heavy atom. The monoisotopic (exact) mass is 220 g/mol. The second-order valence-electron chi connectivity index (χ2n) is 4.58. The maximum atomic E-state index is 10.4. The Bertz CT molecular complexity index is 333. The van der Waals surface area contributed by atoms with Crippen LogP contribution in [-0.2, 0) is 11.2 Å². The van der Waals surface area contributed by atoms with Crippen LogP contribution in [0.2, 0.25) is 0 Å². The first-order valence-electron chi connectivity index (χ1n) is 6.07. The SMILES string of the molecule is COCCC1CCCc2ccccc2C1O. The van der Waals surface area contributed by atoms with Crippen molar-refractivity contribution < 1.29 is 9.84 Å². The molecule has 0 saturated heterocycles. The molecule has 0 amide bonds. The van der Waals surface area contributed by atoms with Gasteiger partial charge in [0.1, 0.15) is 0 Å². The maximum absolute atomic E-state index is 10.4. The molecule has 1 N–H and O–H groups in total. The van der Waals surface area contributed by atoms with Crippen molar-refractivity contribution in [2.24, 2.45) is 5.92 Å². The lowest BCUT2D eigenvalue weighted by Gasteiger charge is -2.21. The summed E-state index contributed by atoms with van der Waals surface area (Å²) in [6.45, 7) is 0.740. The van der Waals surface area contributed by atoms with Gasteiger partial charge >= 0.3 is 0 Å². The number of fused-ring (bicyclic) bond motifs is 1. The average Bonchev–Trinajstić information content (AvgIpc) is 2.47. The first-order valence-corrected chi connectivity index (χ1v) is 6.07.